The average molecular weight is 546 g/mol. The van der Waals surface area contributed by atoms with E-state index in [0.717, 1.165) is 11.9 Å². The van der Waals surface area contributed by atoms with Gasteiger partial charge < -0.3 is 0 Å². The highest BCUT2D eigenvalue weighted by atomic mass is 19.4. The number of hydrazine groups is 1. The highest BCUT2D eigenvalue weighted by Gasteiger charge is 2.91. The van der Waals surface area contributed by atoms with E-state index in [-0.39, 0.29) is 13.1 Å². The lowest BCUT2D eigenvalue weighted by Gasteiger charge is -2.41. The first-order valence-corrected chi connectivity index (χ1v) is 10.6. The van der Waals surface area contributed by atoms with E-state index in [0.29, 0.717) is 25.7 Å². The molecule has 0 rings (SSSR count). The minimum Gasteiger partial charge on any atom is -0.288 e. The van der Waals surface area contributed by atoms with Gasteiger partial charge in [0.25, 0.3) is 0 Å². The summed E-state index contributed by atoms with van der Waals surface area (Å²) in [5, 5.41) is 1.01. The van der Waals surface area contributed by atoms with Gasteiger partial charge in [0.15, 0.2) is 0 Å². The van der Waals surface area contributed by atoms with E-state index in [1.54, 1.807) is 13.8 Å². The van der Waals surface area contributed by atoms with Crippen LogP contribution < -0.4 is 5.43 Å². The number of hydrogen-bond donors (Lipinski definition) is 1. The van der Waals surface area contributed by atoms with Gasteiger partial charge >= 0.3 is 35.8 Å². The molecular weight excluding hydrogens is 519 g/mol. The van der Waals surface area contributed by atoms with E-state index in [2.05, 4.69) is 0 Å². The molecule has 0 saturated heterocycles. The second kappa shape index (κ2) is 11.7. The highest BCUT2D eigenvalue weighted by molar-refractivity contribution is 5.79. The zero-order chi connectivity index (χ0) is 28.1. The molecule has 1 atom stereocenters. The zero-order valence-electron chi connectivity index (χ0n) is 19.0. The summed E-state index contributed by atoms with van der Waals surface area (Å²) in [4.78, 5) is 12.4. The topological polar surface area (TPSA) is 32.3 Å². The third kappa shape index (κ3) is 6.45. The largest absolute Gasteiger partial charge is 0.460 e. The maximum Gasteiger partial charge on any atom is 0.460 e. The van der Waals surface area contributed by atoms with Crippen LogP contribution in [0.1, 0.15) is 59.3 Å². The van der Waals surface area contributed by atoms with Gasteiger partial charge in [-0.15, -0.1) is 0 Å². The fourth-order valence-corrected chi connectivity index (χ4v) is 2.92. The summed E-state index contributed by atoms with van der Waals surface area (Å²) in [6.45, 7) is 4.45. The Morgan fingerprint density at radius 1 is 0.657 bits per heavy atom. The average Bonchev–Trinajstić information content (AvgIpc) is 2.72. The van der Waals surface area contributed by atoms with Crippen LogP contribution in [0.25, 0.3) is 0 Å². The number of unbranched alkanes of at least 4 members (excludes halogenated alkanes) is 2. The molecule has 0 fully saturated rings. The molecule has 0 aliphatic carbocycles. The van der Waals surface area contributed by atoms with E-state index in [9.17, 15) is 61.9 Å². The van der Waals surface area contributed by atoms with Gasteiger partial charge in [-0.3, -0.25) is 10.2 Å². The van der Waals surface area contributed by atoms with Crippen LogP contribution >= 0.6 is 0 Å². The summed E-state index contributed by atoms with van der Waals surface area (Å²) in [5.41, 5.74) is 1.81. The Morgan fingerprint density at radius 2 is 1.06 bits per heavy atom. The quantitative estimate of drug-likeness (QED) is 0.176. The Labute approximate surface area is 193 Å². The monoisotopic (exact) mass is 546 g/mol. The minimum absolute atomic E-state index is 0.00901. The standard InChI is InChI=1S/C19H27F13N2O/c1-4-7-10-34(11-8-5-2)33-13(35)12(9-6-3)14(20,21)15(22,23)16(24,25)17(26,27)18(28,29)19(30,31)32/h12H,4-11H2,1-3H3,(H,33,35). The third-order valence-electron chi connectivity index (χ3n) is 5.12. The van der Waals surface area contributed by atoms with Crippen LogP contribution in [0.2, 0.25) is 0 Å². The van der Waals surface area contributed by atoms with Crippen molar-refractivity contribution in [2.45, 2.75) is 95.1 Å². The summed E-state index contributed by atoms with van der Waals surface area (Å²) < 4.78 is 175. The molecule has 0 aliphatic rings. The fourth-order valence-electron chi connectivity index (χ4n) is 2.92. The number of amides is 1. The maximum absolute atomic E-state index is 14.6. The van der Waals surface area contributed by atoms with Crippen molar-refractivity contribution in [1.29, 1.82) is 0 Å². The molecule has 0 bridgehead atoms. The Hall–Kier alpha value is -1.48. The molecule has 0 aromatic rings. The number of carbonyl (C=O) groups is 1. The van der Waals surface area contributed by atoms with E-state index in [1.807, 2.05) is 5.43 Å². The summed E-state index contributed by atoms with van der Waals surface area (Å²) >= 11 is 0. The van der Waals surface area contributed by atoms with Crippen molar-refractivity contribution >= 4 is 5.91 Å². The first-order chi connectivity index (χ1) is 15.6. The summed E-state index contributed by atoms with van der Waals surface area (Å²) in [5.74, 6) is -43.1. The van der Waals surface area contributed by atoms with Crippen molar-refractivity contribution in [2.75, 3.05) is 13.1 Å². The number of rotatable bonds is 15. The van der Waals surface area contributed by atoms with Gasteiger partial charge in [-0.25, -0.2) is 5.01 Å². The summed E-state index contributed by atoms with van der Waals surface area (Å²) in [6.07, 6.45) is -7.56. The number of halogens is 13. The van der Waals surface area contributed by atoms with Crippen LogP contribution in [0.4, 0.5) is 57.1 Å². The predicted molar refractivity (Wildman–Crippen MR) is 98.7 cm³/mol. The van der Waals surface area contributed by atoms with Gasteiger partial charge in [0, 0.05) is 13.1 Å². The van der Waals surface area contributed by atoms with Crippen LogP contribution in [0, 0.1) is 5.92 Å². The Balaban J connectivity index is 6.37. The number of nitrogens with one attached hydrogen (secondary N) is 1. The van der Waals surface area contributed by atoms with Gasteiger partial charge in [0.2, 0.25) is 5.91 Å². The fraction of sp³-hybridized carbons (Fsp3) is 0.947. The van der Waals surface area contributed by atoms with Crippen LogP contribution in [0.5, 0.6) is 0 Å². The SMILES string of the molecule is CCCCN(CCCC)NC(=O)C(CCC)C(F)(F)C(F)(F)C(F)(F)C(F)(F)C(F)(F)C(F)(F)F. The molecule has 0 saturated carbocycles. The molecule has 0 heterocycles. The van der Waals surface area contributed by atoms with E-state index >= 15 is 0 Å². The number of alkyl halides is 13. The van der Waals surface area contributed by atoms with Gasteiger partial charge in [-0.1, -0.05) is 40.0 Å². The molecule has 35 heavy (non-hydrogen) atoms. The van der Waals surface area contributed by atoms with Crippen molar-refractivity contribution in [3.8, 4) is 0 Å². The molecule has 16 heteroatoms. The first kappa shape index (κ1) is 33.5. The van der Waals surface area contributed by atoms with Gasteiger partial charge in [0.05, 0.1) is 0 Å². The van der Waals surface area contributed by atoms with Crippen molar-refractivity contribution in [3.05, 3.63) is 0 Å². The molecule has 0 aromatic heterocycles. The minimum atomic E-state index is -7.99. The van der Waals surface area contributed by atoms with E-state index in [4.69, 9.17) is 0 Å². The summed E-state index contributed by atoms with van der Waals surface area (Å²) in [7, 11) is 0. The van der Waals surface area contributed by atoms with Crippen molar-refractivity contribution < 1.29 is 61.9 Å². The number of hydrogen-bond acceptors (Lipinski definition) is 2. The zero-order valence-corrected chi connectivity index (χ0v) is 19.0. The van der Waals surface area contributed by atoms with Crippen LogP contribution in [-0.2, 0) is 4.79 Å². The van der Waals surface area contributed by atoms with Crippen LogP contribution in [0.15, 0.2) is 0 Å². The van der Waals surface area contributed by atoms with Gasteiger partial charge in [-0.05, 0) is 19.3 Å². The van der Waals surface area contributed by atoms with Gasteiger partial charge in [-0.2, -0.15) is 57.1 Å². The maximum atomic E-state index is 14.6. The lowest BCUT2D eigenvalue weighted by atomic mass is 9.85. The molecule has 3 nitrogen and oxygen atoms in total. The molecule has 1 N–H and O–H groups in total. The molecule has 0 aromatic carbocycles. The number of carbonyl (C=O) groups excluding carboxylic acids is 1. The normalized spacial score (nSPS) is 15.5. The first-order valence-electron chi connectivity index (χ1n) is 10.6. The third-order valence-corrected chi connectivity index (χ3v) is 5.12. The lowest BCUT2D eigenvalue weighted by Crippen LogP contribution is -2.71. The molecular formula is C19H27F13N2O. The second-order valence-corrected chi connectivity index (χ2v) is 7.93. The van der Waals surface area contributed by atoms with Crippen LogP contribution in [-0.4, -0.2) is 59.8 Å². The highest BCUT2D eigenvalue weighted by Crippen LogP contribution is 2.61. The second-order valence-electron chi connectivity index (χ2n) is 7.93. The molecule has 210 valence electrons. The molecule has 1 amide bonds. The van der Waals surface area contributed by atoms with Crippen molar-refractivity contribution in [3.63, 3.8) is 0 Å². The Morgan fingerprint density at radius 3 is 1.40 bits per heavy atom. The smallest absolute Gasteiger partial charge is 0.288 e. The summed E-state index contributed by atoms with van der Waals surface area (Å²) in [6, 6.07) is 0. The Bertz CT molecular complexity index is 672. The Kier molecular flexibility index (Phi) is 11.2. The number of nitrogens with zero attached hydrogens (tertiary/aromatic N) is 1. The van der Waals surface area contributed by atoms with Gasteiger partial charge in [0.1, 0.15) is 5.92 Å². The molecule has 0 spiro atoms. The molecule has 0 radical (unpaired) electrons. The van der Waals surface area contributed by atoms with E-state index in [1.165, 1.54) is 0 Å². The lowest BCUT2D eigenvalue weighted by molar-refractivity contribution is -0.442. The van der Waals surface area contributed by atoms with Crippen molar-refractivity contribution in [2.24, 2.45) is 5.92 Å². The van der Waals surface area contributed by atoms with E-state index < -0.39 is 60.5 Å². The van der Waals surface area contributed by atoms with Crippen molar-refractivity contribution in [1.82, 2.24) is 10.4 Å². The molecule has 1 unspecified atom stereocenters. The molecule has 0 aliphatic heterocycles. The predicted octanol–water partition coefficient (Wildman–Crippen LogP) is 7.07. The van der Waals surface area contributed by atoms with Crippen LogP contribution in [0.3, 0.4) is 0 Å².